The molecule has 0 radical (unpaired) electrons. The van der Waals surface area contributed by atoms with Crippen LogP contribution in [0.4, 0.5) is 0 Å². The topological polar surface area (TPSA) is 75.6 Å². The summed E-state index contributed by atoms with van der Waals surface area (Å²) in [6.45, 7) is 34.5. The minimum Gasteiger partial charge on any atom is -0.393 e. The Bertz CT molecular complexity index is 1490. The molecule has 3 fully saturated rings. The molecule has 1 saturated carbocycles. The van der Waals surface area contributed by atoms with Crippen LogP contribution in [0, 0.1) is 42.4 Å². The van der Waals surface area contributed by atoms with Gasteiger partial charge in [-0.15, -0.1) is 0 Å². The van der Waals surface area contributed by atoms with Gasteiger partial charge in [0.25, 0.3) is 0 Å². The van der Waals surface area contributed by atoms with Crippen molar-refractivity contribution in [2.45, 2.75) is 173 Å². The van der Waals surface area contributed by atoms with Crippen molar-refractivity contribution < 1.29 is 14.7 Å². The van der Waals surface area contributed by atoms with Gasteiger partial charge in [-0.25, -0.2) is 0 Å². The molecule has 58 heavy (non-hydrogen) atoms. The fourth-order valence-electron chi connectivity index (χ4n) is 7.36. The van der Waals surface area contributed by atoms with Crippen molar-refractivity contribution in [3.63, 3.8) is 0 Å². The van der Waals surface area contributed by atoms with E-state index in [4.69, 9.17) is 0 Å². The summed E-state index contributed by atoms with van der Waals surface area (Å²) in [6, 6.07) is 10.2. The molecule has 5 heterocycles. The number of carbonyl (C=O) groups excluding carboxylic acids is 2. The SMILES string of the molecule is CC(C)C1CC(=O)N(C)C1.CC(C)C1CCCCC1O.CC(C)C1CCN(C)C1=O.CC(C)c1ccn(C(C)C)c1.CC(C)n1cccc1.Cc1ccn(C(C)C)c1. The summed E-state index contributed by atoms with van der Waals surface area (Å²) in [5.74, 6) is 4.57. The summed E-state index contributed by atoms with van der Waals surface area (Å²) in [7, 11) is 3.76. The van der Waals surface area contributed by atoms with E-state index in [1.165, 1.54) is 30.4 Å². The van der Waals surface area contributed by atoms with E-state index < -0.39 is 0 Å². The van der Waals surface area contributed by atoms with Gasteiger partial charge in [0.1, 0.15) is 0 Å². The molecule has 3 aliphatic rings. The largest absolute Gasteiger partial charge is 0.393 e. The molecule has 0 aromatic carbocycles. The fraction of sp³-hybridized carbons (Fsp3) is 0.720. The highest BCUT2D eigenvalue weighted by molar-refractivity contribution is 5.80. The molecule has 0 spiro atoms. The van der Waals surface area contributed by atoms with Crippen LogP contribution in [0.15, 0.2) is 61.4 Å². The molecule has 4 unspecified atom stereocenters. The number of rotatable bonds is 7. The van der Waals surface area contributed by atoms with E-state index in [0.29, 0.717) is 71.4 Å². The Morgan fingerprint density at radius 3 is 1.41 bits per heavy atom. The number of aryl methyl sites for hydroxylation is 1. The monoisotopic (exact) mass is 808 g/mol. The first-order valence-electron chi connectivity index (χ1n) is 22.7. The van der Waals surface area contributed by atoms with Crippen molar-refractivity contribution in [2.24, 2.45) is 35.5 Å². The van der Waals surface area contributed by atoms with Crippen molar-refractivity contribution in [3.8, 4) is 0 Å². The van der Waals surface area contributed by atoms with Gasteiger partial charge in [-0.2, -0.15) is 0 Å². The highest BCUT2D eigenvalue weighted by Crippen LogP contribution is 2.30. The molecule has 8 heteroatoms. The van der Waals surface area contributed by atoms with E-state index in [9.17, 15) is 14.7 Å². The number of aromatic nitrogens is 3. The zero-order valence-electron chi connectivity index (χ0n) is 40.3. The summed E-state index contributed by atoms with van der Waals surface area (Å²) < 4.78 is 6.62. The van der Waals surface area contributed by atoms with Crippen molar-refractivity contribution >= 4 is 11.8 Å². The van der Waals surface area contributed by atoms with Gasteiger partial charge in [0, 0.05) is 94.8 Å². The molecular formula is C50H89N5O3. The summed E-state index contributed by atoms with van der Waals surface area (Å²) >= 11 is 0. The molecule has 4 atom stereocenters. The average molecular weight is 808 g/mol. The van der Waals surface area contributed by atoms with Crippen LogP contribution in [0.5, 0.6) is 0 Å². The molecule has 3 aromatic heterocycles. The Balaban J connectivity index is 0.000000349. The summed E-state index contributed by atoms with van der Waals surface area (Å²) in [5, 5.41) is 9.54. The molecule has 8 nitrogen and oxygen atoms in total. The number of hydrogen-bond donors (Lipinski definition) is 1. The van der Waals surface area contributed by atoms with Crippen molar-refractivity contribution in [2.75, 3.05) is 27.2 Å². The van der Waals surface area contributed by atoms with Gasteiger partial charge in [-0.3, -0.25) is 9.59 Å². The molecular weight excluding hydrogens is 719 g/mol. The lowest BCUT2D eigenvalue weighted by atomic mass is 9.79. The van der Waals surface area contributed by atoms with Gasteiger partial charge in [0.05, 0.1) is 6.10 Å². The molecule has 0 bridgehead atoms. The van der Waals surface area contributed by atoms with E-state index in [0.717, 1.165) is 32.4 Å². The van der Waals surface area contributed by atoms with Gasteiger partial charge >= 0.3 is 0 Å². The highest BCUT2D eigenvalue weighted by atomic mass is 16.3. The lowest BCUT2D eigenvalue weighted by Crippen LogP contribution is -2.28. The lowest BCUT2D eigenvalue weighted by molar-refractivity contribution is -0.131. The Kier molecular flexibility index (Phi) is 24.3. The van der Waals surface area contributed by atoms with Crippen LogP contribution in [0.1, 0.15) is 171 Å². The van der Waals surface area contributed by atoms with Crippen molar-refractivity contribution in [1.29, 1.82) is 0 Å². The summed E-state index contributed by atoms with van der Waals surface area (Å²) in [4.78, 5) is 25.9. The van der Waals surface area contributed by atoms with E-state index in [2.05, 4.69) is 167 Å². The smallest absolute Gasteiger partial charge is 0.225 e. The second-order valence-electron chi connectivity index (χ2n) is 19.2. The number of hydrogen-bond acceptors (Lipinski definition) is 3. The number of aliphatic hydroxyl groups is 1. The van der Waals surface area contributed by atoms with Crippen molar-refractivity contribution in [1.82, 2.24) is 23.5 Å². The number of amides is 2. The second-order valence-corrected chi connectivity index (χ2v) is 19.2. The van der Waals surface area contributed by atoms with Crippen LogP contribution in [0.25, 0.3) is 0 Å². The molecule has 6 rings (SSSR count). The maximum atomic E-state index is 11.3. The molecule has 1 N–H and O–H groups in total. The predicted octanol–water partition coefficient (Wildman–Crippen LogP) is 12.1. The van der Waals surface area contributed by atoms with E-state index in [1.807, 2.05) is 36.0 Å². The maximum Gasteiger partial charge on any atom is 0.225 e. The summed E-state index contributed by atoms with van der Waals surface area (Å²) in [6.07, 6.45) is 19.4. The quantitative estimate of drug-likeness (QED) is 0.258. The zero-order valence-corrected chi connectivity index (χ0v) is 40.3. The number of nitrogens with zero attached hydrogens (tertiary/aromatic N) is 5. The normalized spacial score (nSPS) is 20.4. The number of aliphatic hydroxyl groups excluding tert-OH is 1. The molecule has 2 aliphatic heterocycles. The highest BCUT2D eigenvalue weighted by Gasteiger charge is 2.31. The lowest BCUT2D eigenvalue weighted by Gasteiger charge is -2.30. The number of carbonyl (C=O) groups is 2. The Morgan fingerprint density at radius 1 is 0.621 bits per heavy atom. The maximum absolute atomic E-state index is 11.3. The molecule has 3 aromatic rings. The van der Waals surface area contributed by atoms with Gasteiger partial charge in [-0.1, -0.05) is 68.2 Å². The first-order valence-corrected chi connectivity index (χ1v) is 22.7. The Labute approximate surface area is 356 Å². The Hall–Kier alpha value is -3.26. The van der Waals surface area contributed by atoms with Crippen LogP contribution in [-0.4, -0.2) is 73.7 Å². The van der Waals surface area contributed by atoms with Crippen LogP contribution < -0.4 is 0 Å². The Morgan fingerprint density at radius 2 is 1.16 bits per heavy atom. The number of likely N-dealkylation sites (tertiary alicyclic amines) is 2. The minimum absolute atomic E-state index is 0.00579. The van der Waals surface area contributed by atoms with Crippen LogP contribution in [0.3, 0.4) is 0 Å². The van der Waals surface area contributed by atoms with E-state index in [-0.39, 0.29) is 6.10 Å². The third-order valence-corrected chi connectivity index (χ3v) is 11.9. The molecule has 332 valence electrons. The molecule has 1 aliphatic carbocycles. The van der Waals surface area contributed by atoms with Gasteiger partial charge < -0.3 is 28.6 Å². The van der Waals surface area contributed by atoms with E-state index in [1.54, 1.807) is 0 Å². The van der Waals surface area contributed by atoms with Crippen LogP contribution >= 0.6 is 0 Å². The van der Waals surface area contributed by atoms with E-state index >= 15 is 0 Å². The average Bonchev–Trinajstić information content (AvgIpc) is 4.00. The third-order valence-electron chi connectivity index (χ3n) is 11.9. The standard InChI is InChI=1S/C10H17N.C9H18O.2C8H15NO.C8H13N.C7H11N/c1-8(2)10-5-6-11(7-10)9(3)4;1-7(2)8-5-3-4-6-9(8)10;1-6(2)7-4-8(10)9(3)5-7;1-6(2)7-4-5-9(3)8(7)10;1-7(2)9-5-4-8(3)6-9;1-7(2)8-5-3-4-6-8/h5-9H,1-4H3;7-10H,3-6H2,1-2H3;2*6-7H,4-5H2,1-3H3;4-7H,1-3H3;3-7H,1-2H3. The van der Waals surface area contributed by atoms with Crippen LogP contribution in [-0.2, 0) is 9.59 Å². The zero-order chi connectivity index (χ0) is 44.3. The van der Waals surface area contributed by atoms with Gasteiger partial charge in [-0.05, 0) is 139 Å². The predicted molar refractivity (Wildman–Crippen MR) is 247 cm³/mol. The minimum atomic E-state index is -0.00579. The first kappa shape index (κ1) is 52.8. The first-order chi connectivity index (χ1) is 27.1. The van der Waals surface area contributed by atoms with Gasteiger partial charge in [0.15, 0.2) is 0 Å². The molecule has 2 amide bonds. The third kappa shape index (κ3) is 19.2. The second kappa shape index (κ2) is 26.8. The fourth-order valence-corrected chi connectivity index (χ4v) is 7.36. The van der Waals surface area contributed by atoms with Crippen LogP contribution in [0.2, 0.25) is 0 Å². The summed E-state index contributed by atoms with van der Waals surface area (Å²) in [5.41, 5.74) is 2.77. The van der Waals surface area contributed by atoms with Crippen molar-refractivity contribution in [3.05, 3.63) is 72.6 Å². The van der Waals surface area contributed by atoms with Gasteiger partial charge in [0.2, 0.25) is 11.8 Å². The molecule has 2 saturated heterocycles.